The summed E-state index contributed by atoms with van der Waals surface area (Å²) in [4.78, 5) is 43.8. The number of alkyl halides is 3. The summed E-state index contributed by atoms with van der Waals surface area (Å²) in [6.07, 6.45) is -5.19. The Hall–Kier alpha value is -3.96. The molecule has 1 aliphatic rings. The molecule has 1 aliphatic heterocycles. The second-order valence-electron chi connectivity index (χ2n) is 11.5. The molecule has 3 rings (SSSR count). The molecule has 0 atom stereocenters. The van der Waals surface area contributed by atoms with Crippen molar-refractivity contribution in [1.29, 1.82) is 0 Å². The Bertz CT molecular complexity index is 1290. The van der Waals surface area contributed by atoms with Crippen LogP contribution >= 0.6 is 0 Å². The second-order valence-corrected chi connectivity index (χ2v) is 11.5. The number of likely N-dealkylation sites (N-methyl/N-ethyl adjacent to an activating group) is 1. The Morgan fingerprint density at radius 1 is 1.07 bits per heavy atom. The number of rotatable bonds is 10. The van der Waals surface area contributed by atoms with Gasteiger partial charge in [-0.2, -0.15) is 13.2 Å². The summed E-state index contributed by atoms with van der Waals surface area (Å²) >= 11 is 0. The van der Waals surface area contributed by atoms with Crippen LogP contribution in [0.15, 0.2) is 42.5 Å². The van der Waals surface area contributed by atoms with Gasteiger partial charge >= 0.3 is 12.3 Å². The number of carbonyl (C=O) groups is 3. The third-order valence-corrected chi connectivity index (χ3v) is 6.85. The molecule has 0 aromatic heterocycles. The van der Waals surface area contributed by atoms with E-state index in [0.29, 0.717) is 30.1 Å². The lowest BCUT2D eigenvalue weighted by Gasteiger charge is -2.32. The fraction of sp³-hybridized carbons (Fsp3) is 0.516. The van der Waals surface area contributed by atoms with Crippen LogP contribution in [-0.2, 0) is 22.3 Å². The Balaban J connectivity index is 1.86. The SMILES string of the molecule is CCN1CCOc2c(NCC(=O)N(CCN(C(=O)OC(C)(C)C)C(C)C)Cc3ccccc3C(F)(F)F)cccc2C1=O. The van der Waals surface area contributed by atoms with E-state index in [-0.39, 0.29) is 50.3 Å². The summed E-state index contributed by atoms with van der Waals surface area (Å²) in [5.41, 5.74) is -0.878. The highest BCUT2D eigenvalue weighted by Gasteiger charge is 2.34. The Morgan fingerprint density at radius 2 is 1.77 bits per heavy atom. The molecule has 236 valence electrons. The molecule has 0 aliphatic carbocycles. The maximum Gasteiger partial charge on any atom is 0.416 e. The number of hydrogen-bond donors (Lipinski definition) is 1. The number of para-hydroxylation sites is 1. The van der Waals surface area contributed by atoms with Crippen molar-refractivity contribution in [2.24, 2.45) is 0 Å². The molecule has 1 heterocycles. The quantitative estimate of drug-likeness (QED) is 0.376. The van der Waals surface area contributed by atoms with Gasteiger partial charge in [0.1, 0.15) is 12.2 Å². The highest BCUT2D eigenvalue weighted by atomic mass is 19.4. The molecular weight excluding hydrogens is 565 g/mol. The monoisotopic (exact) mass is 606 g/mol. The second kappa shape index (κ2) is 14.0. The van der Waals surface area contributed by atoms with Gasteiger partial charge in [0.05, 0.1) is 29.9 Å². The molecule has 0 bridgehead atoms. The Labute approximate surface area is 250 Å². The molecular formula is C31H41F3N4O5. The largest absolute Gasteiger partial charge is 0.489 e. The van der Waals surface area contributed by atoms with Gasteiger partial charge < -0.3 is 29.5 Å². The van der Waals surface area contributed by atoms with E-state index in [2.05, 4.69) is 5.32 Å². The van der Waals surface area contributed by atoms with E-state index < -0.39 is 29.3 Å². The fourth-order valence-corrected chi connectivity index (χ4v) is 4.66. The molecule has 9 nitrogen and oxygen atoms in total. The molecule has 0 fully saturated rings. The Kier molecular flexibility index (Phi) is 10.9. The van der Waals surface area contributed by atoms with Crippen molar-refractivity contribution in [1.82, 2.24) is 14.7 Å². The van der Waals surface area contributed by atoms with Crippen molar-refractivity contribution in [3.05, 3.63) is 59.2 Å². The zero-order valence-electron chi connectivity index (χ0n) is 25.6. The van der Waals surface area contributed by atoms with Crippen molar-refractivity contribution in [2.75, 3.05) is 44.6 Å². The zero-order chi connectivity index (χ0) is 31.9. The molecule has 0 radical (unpaired) electrons. The van der Waals surface area contributed by atoms with Crippen LogP contribution in [0, 0.1) is 0 Å². The van der Waals surface area contributed by atoms with Crippen molar-refractivity contribution >= 4 is 23.6 Å². The van der Waals surface area contributed by atoms with Crippen molar-refractivity contribution in [2.45, 2.75) is 65.9 Å². The van der Waals surface area contributed by atoms with Gasteiger partial charge in [-0.3, -0.25) is 9.59 Å². The van der Waals surface area contributed by atoms with Gasteiger partial charge in [0, 0.05) is 32.2 Å². The van der Waals surface area contributed by atoms with Gasteiger partial charge in [-0.1, -0.05) is 24.3 Å². The van der Waals surface area contributed by atoms with Gasteiger partial charge in [0.2, 0.25) is 5.91 Å². The fourth-order valence-electron chi connectivity index (χ4n) is 4.66. The minimum Gasteiger partial charge on any atom is -0.489 e. The normalized spacial score (nSPS) is 13.6. The lowest BCUT2D eigenvalue weighted by atomic mass is 10.1. The van der Waals surface area contributed by atoms with Crippen LogP contribution in [0.1, 0.15) is 63.0 Å². The maximum atomic E-state index is 13.8. The first-order valence-corrected chi connectivity index (χ1v) is 14.3. The predicted octanol–water partition coefficient (Wildman–Crippen LogP) is 5.65. The number of halogens is 3. The van der Waals surface area contributed by atoms with E-state index >= 15 is 0 Å². The molecule has 0 spiro atoms. The van der Waals surface area contributed by atoms with Gasteiger partial charge in [-0.25, -0.2) is 4.79 Å². The summed E-state index contributed by atoms with van der Waals surface area (Å²) in [5.74, 6) is -0.370. The third kappa shape index (κ3) is 9.01. The van der Waals surface area contributed by atoms with E-state index in [1.807, 2.05) is 6.92 Å². The lowest BCUT2D eigenvalue weighted by molar-refractivity contribution is -0.139. The summed E-state index contributed by atoms with van der Waals surface area (Å²) < 4.78 is 52.8. The van der Waals surface area contributed by atoms with E-state index in [1.54, 1.807) is 57.7 Å². The van der Waals surface area contributed by atoms with Crippen LogP contribution in [0.2, 0.25) is 0 Å². The number of benzene rings is 2. The number of amides is 3. The average Bonchev–Trinajstić information content (AvgIpc) is 3.08. The van der Waals surface area contributed by atoms with Crippen LogP contribution in [0.5, 0.6) is 5.75 Å². The number of nitrogens with zero attached hydrogens (tertiary/aromatic N) is 3. The molecule has 12 heteroatoms. The summed E-state index contributed by atoms with van der Waals surface area (Å²) in [6, 6.07) is 9.80. The molecule has 43 heavy (non-hydrogen) atoms. The molecule has 3 amide bonds. The summed E-state index contributed by atoms with van der Waals surface area (Å²) in [7, 11) is 0. The first-order chi connectivity index (χ1) is 20.1. The molecule has 2 aromatic rings. The summed E-state index contributed by atoms with van der Waals surface area (Å²) in [6.45, 7) is 11.3. The number of hydrogen-bond acceptors (Lipinski definition) is 6. The van der Waals surface area contributed by atoms with E-state index in [9.17, 15) is 27.6 Å². The number of ether oxygens (including phenoxy) is 2. The average molecular weight is 607 g/mol. The first kappa shape index (κ1) is 33.5. The molecule has 1 N–H and O–H groups in total. The number of nitrogens with one attached hydrogen (secondary N) is 1. The predicted molar refractivity (Wildman–Crippen MR) is 157 cm³/mol. The van der Waals surface area contributed by atoms with Crippen LogP contribution in [-0.4, -0.2) is 83.6 Å². The van der Waals surface area contributed by atoms with Crippen LogP contribution < -0.4 is 10.1 Å². The van der Waals surface area contributed by atoms with Crippen LogP contribution in [0.25, 0.3) is 0 Å². The maximum absolute atomic E-state index is 13.8. The number of anilines is 1. The van der Waals surface area contributed by atoms with Gasteiger partial charge in [-0.05, 0) is 65.3 Å². The van der Waals surface area contributed by atoms with Crippen LogP contribution in [0.3, 0.4) is 0 Å². The van der Waals surface area contributed by atoms with Gasteiger partial charge in [-0.15, -0.1) is 0 Å². The lowest BCUT2D eigenvalue weighted by Crippen LogP contribution is -2.46. The van der Waals surface area contributed by atoms with Gasteiger partial charge in [0.25, 0.3) is 5.91 Å². The molecule has 0 saturated carbocycles. The highest BCUT2D eigenvalue weighted by molar-refractivity contribution is 5.99. The smallest absolute Gasteiger partial charge is 0.416 e. The third-order valence-electron chi connectivity index (χ3n) is 6.85. The molecule has 0 saturated heterocycles. The number of carbonyl (C=O) groups excluding carboxylic acids is 3. The van der Waals surface area contributed by atoms with E-state index in [4.69, 9.17) is 9.47 Å². The van der Waals surface area contributed by atoms with Gasteiger partial charge in [0.15, 0.2) is 5.75 Å². The van der Waals surface area contributed by atoms with Crippen molar-refractivity contribution in [3.63, 3.8) is 0 Å². The zero-order valence-corrected chi connectivity index (χ0v) is 25.6. The van der Waals surface area contributed by atoms with Crippen molar-refractivity contribution < 1.29 is 37.0 Å². The minimum absolute atomic E-state index is 0.0394. The molecule has 2 aromatic carbocycles. The Morgan fingerprint density at radius 3 is 2.40 bits per heavy atom. The van der Waals surface area contributed by atoms with Crippen molar-refractivity contribution in [3.8, 4) is 5.75 Å². The first-order valence-electron chi connectivity index (χ1n) is 14.3. The van der Waals surface area contributed by atoms with E-state index in [1.165, 1.54) is 28.0 Å². The summed E-state index contributed by atoms with van der Waals surface area (Å²) in [5, 5.41) is 3.01. The van der Waals surface area contributed by atoms with E-state index in [0.717, 1.165) is 6.07 Å². The standard InChI is InChI=1S/C31H41F3N4O5/c1-7-36-17-18-42-27-23(28(36)40)12-10-14-25(27)35-19-26(39)37(20-22-11-8-9-13-24(22)31(32,33)34)15-16-38(21(2)3)29(41)43-30(4,5)6/h8-14,21,35H,7,15-20H2,1-6H3. The highest BCUT2D eigenvalue weighted by Crippen LogP contribution is 2.33. The topological polar surface area (TPSA) is 91.4 Å². The minimum atomic E-state index is -4.61. The van der Waals surface area contributed by atoms with Crippen LogP contribution in [0.4, 0.5) is 23.7 Å². The molecule has 0 unspecified atom stereocenters. The number of fused-ring (bicyclic) bond motifs is 1.